The highest BCUT2D eigenvalue weighted by molar-refractivity contribution is 8.01. The van der Waals surface area contributed by atoms with E-state index >= 15 is 0 Å². The smallest absolute Gasteiger partial charge is 0.234 e. The number of halogens is 2. The van der Waals surface area contributed by atoms with Crippen LogP contribution in [0, 0.1) is 22.7 Å². The van der Waals surface area contributed by atoms with E-state index in [0.717, 1.165) is 0 Å². The van der Waals surface area contributed by atoms with E-state index < -0.39 is 5.92 Å². The van der Waals surface area contributed by atoms with Crippen molar-refractivity contribution in [3.05, 3.63) is 86.3 Å². The molecule has 40 heavy (non-hydrogen) atoms. The monoisotopic (exact) mass is 607 g/mol. The molecule has 9 nitrogen and oxygen atoms in total. The summed E-state index contributed by atoms with van der Waals surface area (Å²) >= 11 is 15.0. The van der Waals surface area contributed by atoms with Crippen molar-refractivity contribution < 1.29 is 9.59 Å². The third kappa shape index (κ3) is 5.42. The van der Waals surface area contributed by atoms with E-state index in [1.54, 1.807) is 47.4 Å². The molecule has 1 unspecified atom stereocenters. The number of hydrogen-bond donors (Lipinski definition) is 2. The van der Waals surface area contributed by atoms with E-state index in [0.29, 0.717) is 66.9 Å². The van der Waals surface area contributed by atoms with Crippen molar-refractivity contribution in [2.24, 2.45) is 5.73 Å². The second-order valence-electron chi connectivity index (χ2n) is 8.86. The molecule has 0 bridgehead atoms. The maximum atomic E-state index is 13.3. The number of rotatable bonds is 6. The summed E-state index contributed by atoms with van der Waals surface area (Å²) in [6, 6.07) is 15.7. The van der Waals surface area contributed by atoms with Crippen molar-refractivity contribution in [1.82, 2.24) is 10.2 Å². The van der Waals surface area contributed by atoms with Gasteiger partial charge in [-0.25, -0.2) is 0 Å². The molecule has 0 saturated carbocycles. The first-order valence-electron chi connectivity index (χ1n) is 12.0. The van der Waals surface area contributed by atoms with Crippen LogP contribution < -0.4 is 16.0 Å². The van der Waals surface area contributed by atoms with Crippen LogP contribution in [0.25, 0.3) is 0 Å². The SMILES string of the molecule is N#CC1=C(N)N(c2nnc(SCC(=O)Nc3ccc(C#N)cc3)s2)C2=C(C(=O)CCC2)C1c1ccc(Cl)cc1Cl. The first-order chi connectivity index (χ1) is 19.3. The zero-order chi connectivity index (χ0) is 28.4. The molecule has 1 aliphatic carbocycles. The molecule has 1 atom stereocenters. The fraction of sp³-hybridized carbons (Fsp3) is 0.185. The number of aromatic nitrogens is 2. The third-order valence-corrected chi connectivity index (χ3v) is 9.00. The zero-order valence-electron chi connectivity index (χ0n) is 20.6. The van der Waals surface area contributed by atoms with Gasteiger partial charge in [0.25, 0.3) is 0 Å². The van der Waals surface area contributed by atoms with Crippen LogP contribution in [0.15, 0.2) is 69.5 Å². The molecule has 0 saturated heterocycles. The van der Waals surface area contributed by atoms with Gasteiger partial charge in [0.2, 0.25) is 11.0 Å². The zero-order valence-corrected chi connectivity index (χ0v) is 23.8. The van der Waals surface area contributed by atoms with Crippen molar-refractivity contribution in [1.29, 1.82) is 10.5 Å². The van der Waals surface area contributed by atoms with Crippen LogP contribution in [0.1, 0.15) is 36.3 Å². The fourth-order valence-corrected chi connectivity index (χ4v) is 6.85. The first-order valence-corrected chi connectivity index (χ1v) is 14.5. The summed E-state index contributed by atoms with van der Waals surface area (Å²) in [5.74, 6) is -0.825. The topological polar surface area (TPSA) is 149 Å². The van der Waals surface area contributed by atoms with Gasteiger partial charge >= 0.3 is 0 Å². The highest BCUT2D eigenvalue weighted by Gasteiger charge is 2.42. The lowest BCUT2D eigenvalue weighted by atomic mass is 9.76. The van der Waals surface area contributed by atoms with Gasteiger partial charge in [0.15, 0.2) is 10.1 Å². The predicted octanol–water partition coefficient (Wildman–Crippen LogP) is 5.75. The highest BCUT2D eigenvalue weighted by atomic mass is 35.5. The standard InChI is InChI=1S/C27H19Cl2N7O2S2/c28-15-6-9-17(19(29)10-15)23-18(12-31)25(32)36(20-2-1-3-21(37)24(20)23)26-34-35-27(40-26)39-13-22(38)33-16-7-4-14(11-30)5-8-16/h4-10,23H,1-3,13,32H2,(H,33,38). The summed E-state index contributed by atoms with van der Waals surface area (Å²) in [6.45, 7) is 0. The molecule has 200 valence electrons. The number of hydrogen-bond acceptors (Lipinski definition) is 10. The highest BCUT2D eigenvalue weighted by Crippen LogP contribution is 2.48. The third-order valence-electron chi connectivity index (χ3n) is 6.40. The number of nitriles is 2. The number of allylic oxidation sites excluding steroid dienone is 3. The normalized spacial score (nSPS) is 16.9. The summed E-state index contributed by atoms with van der Waals surface area (Å²) < 4.78 is 0.517. The average molecular weight is 609 g/mol. The molecular weight excluding hydrogens is 589 g/mol. The van der Waals surface area contributed by atoms with Gasteiger partial charge in [0.05, 0.1) is 34.9 Å². The van der Waals surface area contributed by atoms with Crippen molar-refractivity contribution in [3.63, 3.8) is 0 Å². The molecule has 13 heteroatoms. The lowest BCUT2D eigenvalue weighted by Gasteiger charge is -2.38. The van der Waals surface area contributed by atoms with Gasteiger partial charge in [-0.05, 0) is 54.8 Å². The number of nitrogens with two attached hydrogens (primary N) is 1. The summed E-state index contributed by atoms with van der Waals surface area (Å²) in [4.78, 5) is 27.4. The molecule has 2 aliphatic rings. The van der Waals surface area contributed by atoms with E-state index in [-0.39, 0.29) is 28.8 Å². The predicted molar refractivity (Wildman–Crippen MR) is 155 cm³/mol. The minimum Gasteiger partial charge on any atom is -0.384 e. The van der Waals surface area contributed by atoms with E-state index in [1.807, 2.05) is 6.07 Å². The van der Waals surface area contributed by atoms with Gasteiger partial charge in [-0.2, -0.15) is 10.5 Å². The van der Waals surface area contributed by atoms with Crippen LogP contribution in [0.5, 0.6) is 0 Å². The number of carbonyl (C=O) groups excluding carboxylic acids is 2. The number of nitrogens with one attached hydrogen (secondary N) is 1. The Hall–Kier alpha value is -3.87. The largest absolute Gasteiger partial charge is 0.384 e. The van der Waals surface area contributed by atoms with Crippen LogP contribution in [-0.4, -0.2) is 27.6 Å². The quantitative estimate of drug-likeness (QED) is 0.334. The molecular formula is C27H19Cl2N7O2S2. The Bertz CT molecular complexity index is 1670. The molecule has 3 aromatic rings. The molecule has 0 fully saturated rings. The Morgan fingerprint density at radius 1 is 1.15 bits per heavy atom. The lowest BCUT2D eigenvalue weighted by molar-refractivity contribution is -0.116. The van der Waals surface area contributed by atoms with Crippen molar-refractivity contribution in [2.45, 2.75) is 29.5 Å². The number of ketones is 1. The molecule has 1 aliphatic heterocycles. The summed E-state index contributed by atoms with van der Waals surface area (Å²) in [5, 5.41) is 31.5. The lowest BCUT2D eigenvalue weighted by Crippen LogP contribution is -2.38. The number of anilines is 2. The molecule has 3 N–H and O–H groups in total. The number of Topliss-reactive ketones (excluding diaryl/α,β-unsaturated/α-hetero) is 1. The second-order valence-corrected chi connectivity index (χ2v) is 11.9. The van der Waals surface area contributed by atoms with Gasteiger partial charge < -0.3 is 11.1 Å². The summed E-state index contributed by atoms with van der Waals surface area (Å²) in [6.07, 6.45) is 1.52. The van der Waals surface area contributed by atoms with E-state index in [9.17, 15) is 14.9 Å². The average Bonchev–Trinajstić information content (AvgIpc) is 3.40. The Morgan fingerprint density at radius 2 is 1.93 bits per heavy atom. The molecule has 2 heterocycles. The van der Waals surface area contributed by atoms with Gasteiger partial charge in [0.1, 0.15) is 5.82 Å². The van der Waals surface area contributed by atoms with E-state index in [1.165, 1.54) is 23.1 Å². The van der Waals surface area contributed by atoms with Crippen LogP contribution in [-0.2, 0) is 9.59 Å². The number of nitrogens with zero attached hydrogens (tertiary/aromatic N) is 5. The molecule has 0 radical (unpaired) electrons. The number of amides is 1. The second kappa shape index (κ2) is 11.7. The van der Waals surface area contributed by atoms with Crippen LogP contribution >= 0.6 is 46.3 Å². The maximum Gasteiger partial charge on any atom is 0.234 e. The summed E-state index contributed by atoms with van der Waals surface area (Å²) in [5.41, 5.74) is 9.55. The van der Waals surface area contributed by atoms with Crippen molar-refractivity contribution in [2.75, 3.05) is 16.0 Å². The number of benzene rings is 2. The molecule has 1 aromatic heterocycles. The van der Waals surface area contributed by atoms with Crippen molar-refractivity contribution in [3.8, 4) is 12.1 Å². The van der Waals surface area contributed by atoms with Crippen molar-refractivity contribution >= 4 is 68.8 Å². The molecule has 5 rings (SSSR count). The van der Waals surface area contributed by atoms with E-state index in [2.05, 4.69) is 21.6 Å². The van der Waals surface area contributed by atoms with Gasteiger partial charge in [0, 0.05) is 33.4 Å². The summed E-state index contributed by atoms with van der Waals surface area (Å²) in [7, 11) is 0. The van der Waals surface area contributed by atoms with Crippen LogP contribution in [0.4, 0.5) is 10.8 Å². The van der Waals surface area contributed by atoms with Gasteiger partial charge in [-0.1, -0.05) is 52.4 Å². The minimum atomic E-state index is -0.721. The fourth-order valence-electron chi connectivity index (χ4n) is 4.66. The van der Waals surface area contributed by atoms with E-state index in [4.69, 9.17) is 34.2 Å². The molecule has 0 spiro atoms. The van der Waals surface area contributed by atoms with Crippen LogP contribution in [0.3, 0.4) is 0 Å². The van der Waals surface area contributed by atoms with Gasteiger partial charge in [-0.15, -0.1) is 10.2 Å². The van der Waals surface area contributed by atoms with Crippen LogP contribution in [0.2, 0.25) is 10.0 Å². The Balaban J connectivity index is 1.41. The first kappa shape index (κ1) is 27.7. The minimum absolute atomic E-state index is 0.0764. The Morgan fingerprint density at radius 3 is 2.62 bits per heavy atom. The van der Waals surface area contributed by atoms with Gasteiger partial charge in [-0.3, -0.25) is 14.5 Å². The number of thioether (sulfide) groups is 1. The Labute approximate surface area is 247 Å². The molecule has 2 aromatic carbocycles. The maximum absolute atomic E-state index is 13.3. The number of carbonyl (C=O) groups is 2. The molecule has 1 amide bonds. The Kier molecular flexibility index (Phi) is 8.10.